The van der Waals surface area contributed by atoms with E-state index in [2.05, 4.69) is 10.1 Å². The molecule has 0 aliphatic carbocycles. The van der Waals surface area contributed by atoms with Crippen LogP contribution >= 0.6 is 11.3 Å². The molecule has 2 rings (SSSR count). The smallest absolute Gasteiger partial charge is 0.340 e. The number of carbonyl (C=O) groups excluding carboxylic acids is 1. The van der Waals surface area contributed by atoms with Gasteiger partial charge in [-0.3, -0.25) is 0 Å². The standard InChI is InChI=1S/C14H15FN2O2S/c1-8-3-4-9(20-8)7-17-13-5-10(14(18)19-2)12(16)6-11(13)15/h3-6,17H,7,16H2,1-2H3. The molecule has 106 valence electrons. The fraction of sp³-hybridized carbons (Fsp3) is 0.214. The molecule has 6 heteroatoms. The minimum Gasteiger partial charge on any atom is -0.465 e. The number of nitrogen functional groups attached to an aromatic ring is 1. The summed E-state index contributed by atoms with van der Waals surface area (Å²) in [6, 6.07) is 6.47. The van der Waals surface area contributed by atoms with E-state index >= 15 is 0 Å². The Bertz CT molecular complexity index is 640. The maximum Gasteiger partial charge on any atom is 0.340 e. The second-order valence-electron chi connectivity index (χ2n) is 4.28. The van der Waals surface area contributed by atoms with Gasteiger partial charge in [0.2, 0.25) is 0 Å². The third kappa shape index (κ3) is 3.08. The Labute approximate surface area is 120 Å². The van der Waals surface area contributed by atoms with E-state index in [0.717, 1.165) is 10.9 Å². The number of methoxy groups -OCH3 is 1. The highest BCUT2D eigenvalue weighted by molar-refractivity contribution is 7.11. The topological polar surface area (TPSA) is 64.3 Å². The average molecular weight is 294 g/mol. The molecule has 0 radical (unpaired) electrons. The van der Waals surface area contributed by atoms with Crippen molar-refractivity contribution in [1.82, 2.24) is 0 Å². The van der Waals surface area contributed by atoms with Gasteiger partial charge >= 0.3 is 5.97 Å². The van der Waals surface area contributed by atoms with E-state index in [1.165, 1.54) is 18.1 Å². The molecule has 0 spiro atoms. The molecule has 1 aromatic heterocycles. The molecule has 4 nitrogen and oxygen atoms in total. The van der Waals surface area contributed by atoms with Crippen LogP contribution in [0.5, 0.6) is 0 Å². The first-order valence-corrected chi connectivity index (χ1v) is 6.79. The van der Waals surface area contributed by atoms with Crippen molar-refractivity contribution in [3.63, 3.8) is 0 Å². The first kappa shape index (κ1) is 14.3. The third-order valence-corrected chi connectivity index (χ3v) is 3.79. The molecule has 0 fully saturated rings. The summed E-state index contributed by atoms with van der Waals surface area (Å²) in [6.07, 6.45) is 0. The van der Waals surface area contributed by atoms with Gasteiger partial charge in [-0.05, 0) is 31.2 Å². The average Bonchev–Trinajstić information content (AvgIpc) is 2.83. The van der Waals surface area contributed by atoms with Crippen LogP contribution in [0.3, 0.4) is 0 Å². The molecule has 0 bridgehead atoms. The lowest BCUT2D eigenvalue weighted by Crippen LogP contribution is -2.09. The number of hydrogen-bond donors (Lipinski definition) is 2. The van der Waals surface area contributed by atoms with E-state index in [0.29, 0.717) is 6.54 Å². The van der Waals surface area contributed by atoms with Crippen molar-refractivity contribution >= 4 is 28.7 Å². The lowest BCUT2D eigenvalue weighted by Gasteiger charge is -2.10. The van der Waals surface area contributed by atoms with Gasteiger partial charge in [-0.1, -0.05) is 0 Å². The summed E-state index contributed by atoms with van der Waals surface area (Å²) < 4.78 is 18.4. The summed E-state index contributed by atoms with van der Waals surface area (Å²) in [6.45, 7) is 2.49. The minimum atomic E-state index is -0.586. The second-order valence-corrected chi connectivity index (χ2v) is 5.65. The van der Waals surface area contributed by atoms with Crippen molar-refractivity contribution in [3.05, 3.63) is 45.4 Å². The summed E-state index contributed by atoms with van der Waals surface area (Å²) in [5, 5.41) is 2.96. The number of halogens is 1. The Kier molecular flexibility index (Phi) is 4.24. The van der Waals surface area contributed by atoms with Crippen molar-refractivity contribution in [1.29, 1.82) is 0 Å². The number of benzene rings is 1. The molecule has 0 saturated carbocycles. The SMILES string of the molecule is COC(=O)c1cc(NCc2ccc(C)s2)c(F)cc1N. The van der Waals surface area contributed by atoms with Gasteiger partial charge < -0.3 is 15.8 Å². The van der Waals surface area contributed by atoms with E-state index in [4.69, 9.17) is 5.73 Å². The summed E-state index contributed by atoms with van der Waals surface area (Å²) in [5.74, 6) is -1.08. The zero-order valence-electron chi connectivity index (χ0n) is 11.2. The summed E-state index contributed by atoms with van der Waals surface area (Å²) in [4.78, 5) is 13.8. The van der Waals surface area contributed by atoms with Crippen LogP contribution in [-0.4, -0.2) is 13.1 Å². The second kappa shape index (κ2) is 5.92. The quantitative estimate of drug-likeness (QED) is 0.671. The Morgan fingerprint density at radius 1 is 1.45 bits per heavy atom. The molecule has 20 heavy (non-hydrogen) atoms. The van der Waals surface area contributed by atoms with Crippen molar-refractivity contribution in [3.8, 4) is 0 Å². The van der Waals surface area contributed by atoms with Gasteiger partial charge in [-0.2, -0.15) is 0 Å². The van der Waals surface area contributed by atoms with Crippen molar-refractivity contribution < 1.29 is 13.9 Å². The predicted molar refractivity (Wildman–Crippen MR) is 78.5 cm³/mol. The number of anilines is 2. The van der Waals surface area contributed by atoms with E-state index in [-0.39, 0.29) is 16.9 Å². The number of rotatable bonds is 4. The van der Waals surface area contributed by atoms with Crippen LogP contribution in [0.2, 0.25) is 0 Å². The zero-order chi connectivity index (χ0) is 14.7. The first-order valence-electron chi connectivity index (χ1n) is 5.97. The number of nitrogens with one attached hydrogen (secondary N) is 1. The number of thiophene rings is 1. The predicted octanol–water partition coefficient (Wildman–Crippen LogP) is 3.18. The Morgan fingerprint density at radius 3 is 2.80 bits per heavy atom. The lowest BCUT2D eigenvalue weighted by atomic mass is 10.1. The molecule has 2 aromatic rings. The number of ether oxygens (including phenoxy) is 1. The van der Waals surface area contributed by atoms with Crippen LogP contribution in [0.1, 0.15) is 20.1 Å². The molecule has 0 aliphatic rings. The number of carbonyl (C=O) groups is 1. The van der Waals surface area contributed by atoms with Crippen LogP contribution in [0.25, 0.3) is 0 Å². The van der Waals surface area contributed by atoms with Gasteiger partial charge in [0, 0.05) is 22.0 Å². The number of nitrogens with two attached hydrogens (primary N) is 1. The van der Waals surface area contributed by atoms with Crippen molar-refractivity contribution in [2.45, 2.75) is 13.5 Å². The largest absolute Gasteiger partial charge is 0.465 e. The molecule has 0 amide bonds. The van der Waals surface area contributed by atoms with Crippen LogP contribution in [-0.2, 0) is 11.3 Å². The van der Waals surface area contributed by atoms with E-state index in [1.54, 1.807) is 11.3 Å². The molecule has 0 saturated heterocycles. The maximum absolute atomic E-state index is 13.8. The third-order valence-electron chi connectivity index (χ3n) is 2.79. The molecule has 0 atom stereocenters. The number of esters is 1. The molecule has 0 unspecified atom stereocenters. The lowest BCUT2D eigenvalue weighted by molar-refractivity contribution is 0.0602. The molecule has 1 heterocycles. The molecular weight excluding hydrogens is 279 g/mol. The number of aryl methyl sites for hydroxylation is 1. The fourth-order valence-corrected chi connectivity index (χ4v) is 2.60. The van der Waals surface area contributed by atoms with Crippen molar-refractivity contribution in [2.24, 2.45) is 0 Å². The van der Waals surface area contributed by atoms with Crippen LogP contribution < -0.4 is 11.1 Å². The summed E-state index contributed by atoms with van der Waals surface area (Å²) >= 11 is 1.63. The summed E-state index contributed by atoms with van der Waals surface area (Å²) in [7, 11) is 1.26. The highest BCUT2D eigenvalue weighted by atomic mass is 32.1. The maximum atomic E-state index is 13.8. The normalized spacial score (nSPS) is 10.3. The van der Waals surface area contributed by atoms with Gasteiger partial charge in [0.1, 0.15) is 5.82 Å². The van der Waals surface area contributed by atoms with E-state index in [9.17, 15) is 9.18 Å². The Hall–Kier alpha value is -2.08. The van der Waals surface area contributed by atoms with Crippen LogP contribution in [0.4, 0.5) is 15.8 Å². The van der Waals surface area contributed by atoms with Gasteiger partial charge in [0.15, 0.2) is 0 Å². The van der Waals surface area contributed by atoms with Crippen LogP contribution in [0, 0.1) is 12.7 Å². The van der Waals surface area contributed by atoms with Gasteiger partial charge in [-0.25, -0.2) is 9.18 Å². The Morgan fingerprint density at radius 2 is 2.20 bits per heavy atom. The highest BCUT2D eigenvalue weighted by Gasteiger charge is 2.14. The van der Waals surface area contributed by atoms with Gasteiger partial charge in [0.25, 0.3) is 0 Å². The van der Waals surface area contributed by atoms with Gasteiger partial charge in [0.05, 0.1) is 18.4 Å². The molecule has 3 N–H and O–H groups in total. The zero-order valence-corrected chi connectivity index (χ0v) is 12.0. The Balaban J connectivity index is 2.20. The molecule has 1 aromatic carbocycles. The van der Waals surface area contributed by atoms with Gasteiger partial charge in [-0.15, -0.1) is 11.3 Å². The highest BCUT2D eigenvalue weighted by Crippen LogP contribution is 2.24. The molecule has 0 aliphatic heterocycles. The molecular formula is C14H15FN2O2S. The fourth-order valence-electron chi connectivity index (χ4n) is 1.77. The van der Waals surface area contributed by atoms with E-state index < -0.39 is 11.8 Å². The first-order chi connectivity index (χ1) is 9.51. The van der Waals surface area contributed by atoms with E-state index in [1.807, 2.05) is 19.1 Å². The van der Waals surface area contributed by atoms with Crippen LogP contribution in [0.15, 0.2) is 24.3 Å². The monoisotopic (exact) mass is 294 g/mol. The summed E-state index contributed by atoms with van der Waals surface area (Å²) in [5.41, 5.74) is 6.05. The number of hydrogen-bond acceptors (Lipinski definition) is 5. The minimum absolute atomic E-state index is 0.0619. The van der Waals surface area contributed by atoms with Crippen molar-refractivity contribution in [2.75, 3.05) is 18.2 Å².